The SMILES string of the molecule is CCOC(=O)C(CC(C)C)c1nnc2ccccn12. The number of fused-ring (bicyclic) bond motifs is 1. The molecule has 1 atom stereocenters. The van der Waals surface area contributed by atoms with Crippen LogP contribution in [0.2, 0.25) is 0 Å². The van der Waals surface area contributed by atoms with Crippen LogP contribution in [0.5, 0.6) is 0 Å². The molecule has 0 saturated carbocycles. The topological polar surface area (TPSA) is 56.5 Å². The summed E-state index contributed by atoms with van der Waals surface area (Å²) in [6, 6.07) is 5.67. The molecule has 0 N–H and O–H groups in total. The molecule has 5 nitrogen and oxygen atoms in total. The van der Waals surface area contributed by atoms with Crippen molar-refractivity contribution in [2.45, 2.75) is 33.1 Å². The highest BCUT2D eigenvalue weighted by Crippen LogP contribution is 2.24. The summed E-state index contributed by atoms with van der Waals surface area (Å²) in [5, 5.41) is 8.26. The van der Waals surface area contributed by atoms with Crippen LogP contribution in [0.25, 0.3) is 5.65 Å². The zero-order valence-electron chi connectivity index (χ0n) is 11.5. The normalized spacial score (nSPS) is 12.8. The summed E-state index contributed by atoms with van der Waals surface area (Å²) in [4.78, 5) is 12.1. The van der Waals surface area contributed by atoms with Crippen molar-refractivity contribution in [3.8, 4) is 0 Å². The Kier molecular flexibility index (Phi) is 4.14. The molecule has 0 amide bonds. The van der Waals surface area contributed by atoms with Gasteiger partial charge in [0, 0.05) is 6.20 Å². The summed E-state index contributed by atoms with van der Waals surface area (Å²) in [5.74, 6) is 0.444. The van der Waals surface area contributed by atoms with Gasteiger partial charge in [0.15, 0.2) is 11.5 Å². The van der Waals surface area contributed by atoms with Crippen molar-refractivity contribution in [3.63, 3.8) is 0 Å². The molecule has 102 valence electrons. The first kappa shape index (κ1) is 13.5. The smallest absolute Gasteiger partial charge is 0.316 e. The Morgan fingerprint density at radius 3 is 2.84 bits per heavy atom. The molecule has 0 saturated heterocycles. The molecule has 0 aliphatic heterocycles. The molecule has 0 fully saturated rings. The third-order valence-corrected chi connectivity index (χ3v) is 2.93. The Morgan fingerprint density at radius 1 is 1.37 bits per heavy atom. The van der Waals surface area contributed by atoms with Gasteiger partial charge in [-0.15, -0.1) is 10.2 Å². The molecule has 2 aromatic rings. The van der Waals surface area contributed by atoms with Gasteiger partial charge in [0.05, 0.1) is 6.61 Å². The van der Waals surface area contributed by atoms with Gasteiger partial charge in [0.25, 0.3) is 0 Å². The Labute approximate surface area is 112 Å². The second kappa shape index (κ2) is 5.82. The molecule has 0 aliphatic rings. The maximum atomic E-state index is 12.1. The van der Waals surface area contributed by atoms with Crippen LogP contribution >= 0.6 is 0 Å². The molecule has 5 heteroatoms. The highest BCUT2D eigenvalue weighted by atomic mass is 16.5. The van der Waals surface area contributed by atoms with Gasteiger partial charge in [0.1, 0.15) is 5.92 Å². The highest BCUT2D eigenvalue weighted by molar-refractivity contribution is 5.77. The van der Waals surface area contributed by atoms with E-state index in [0.717, 1.165) is 5.65 Å². The van der Waals surface area contributed by atoms with Crippen molar-refractivity contribution in [1.82, 2.24) is 14.6 Å². The monoisotopic (exact) mass is 261 g/mol. The molecule has 0 radical (unpaired) electrons. The lowest BCUT2D eigenvalue weighted by Gasteiger charge is -2.15. The molecule has 0 spiro atoms. The van der Waals surface area contributed by atoms with E-state index in [1.54, 1.807) is 0 Å². The standard InChI is InChI=1S/C14H19N3O2/c1-4-19-14(18)11(9-10(2)3)13-16-15-12-7-5-6-8-17(12)13/h5-8,10-11H,4,9H2,1-3H3. The van der Waals surface area contributed by atoms with E-state index < -0.39 is 0 Å². The minimum absolute atomic E-state index is 0.227. The number of pyridine rings is 1. The molecule has 0 aliphatic carbocycles. The molecule has 19 heavy (non-hydrogen) atoms. The molecular weight excluding hydrogens is 242 g/mol. The third kappa shape index (κ3) is 2.92. The Morgan fingerprint density at radius 2 is 2.16 bits per heavy atom. The van der Waals surface area contributed by atoms with Gasteiger partial charge in [-0.05, 0) is 31.4 Å². The van der Waals surface area contributed by atoms with Crippen molar-refractivity contribution in [1.29, 1.82) is 0 Å². The van der Waals surface area contributed by atoms with Crippen molar-refractivity contribution in [3.05, 3.63) is 30.2 Å². The third-order valence-electron chi connectivity index (χ3n) is 2.93. The predicted octanol–water partition coefficient (Wildman–Crippen LogP) is 2.42. The number of carbonyl (C=O) groups is 1. The Balaban J connectivity index is 2.39. The molecule has 1 unspecified atom stereocenters. The first-order valence-corrected chi connectivity index (χ1v) is 6.59. The predicted molar refractivity (Wildman–Crippen MR) is 71.8 cm³/mol. The van der Waals surface area contributed by atoms with Gasteiger partial charge in [-0.1, -0.05) is 19.9 Å². The molecule has 2 heterocycles. The fourth-order valence-electron chi connectivity index (χ4n) is 2.12. The zero-order valence-corrected chi connectivity index (χ0v) is 11.5. The fraction of sp³-hybridized carbons (Fsp3) is 0.500. The number of ether oxygens (including phenoxy) is 1. The second-order valence-corrected chi connectivity index (χ2v) is 4.92. The molecule has 2 aromatic heterocycles. The minimum atomic E-state index is -0.364. The fourth-order valence-corrected chi connectivity index (χ4v) is 2.12. The quantitative estimate of drug-likeness (QED) is 0.776. The van der Waals surface area contributed by atoms with E-state index in [4.69, 9.17) is 4.74 Å². The van der Waals surface area contributed by atoms with Crippen molar-refractivity contribution in [2.24, 2.45) is 5.92 Å². The molecular formula is C14H19N3O2. The van der Waals surface area contributed by atoms with Crippen LogP contribution in [-0.2, 0) is 9.53 Å². The van der Waals surface area contributed by atoms with E-state index in [-0.39, 0.29) is 11.9 Å². The van der Waals surface area contributed by atoms with Gasteiger partial charge in [-0.3, -0.25) is 9.20 Å². The molecule has 0 bridgehead atoms. The number of hydrogen-bond donors (Lipinski definition) is 0. The summed E-state index contributed by atoms with van der Waals surface area (Å²) in [7, 11) is 0. The van der Waals surface area contributed by atoms with Crippen LogP contribution < -0.4 is 0 Å². The van der Waals surface area contributed by atoms with Crippen LogP contribution in [0.4, 0.5) is 0 Å². The van der Waals surface area contributed by atoms with Crippen molar-refractivity contribution < 1.29 is 9.53 Å². The number of carbonyl (C=O) groups excluding carboxylic acids is 1. The van der Waals surface area contributed by atoms with Crippen LogP contribution in [0.3, 0.4) is 0 Å². The van der Waals surface area contributed by atoms with Gasteiger partial charge in [-0.2, -0.15) is 0 Å². The van der Waals surface area contributed by atoms with Crippen LogP contribution in [0.1, 0.15) is 38.9 Å². The first-order chi connectivity index (χ1) is 9.13. The first-order valence-electron chi connectivity index (χ1n) is 6.59. The van der Waals surface area contributed by atoms with E-state index >= 15 is 0 Å². The Hall–Kier alpha value is -1.91. The number of aromatic nitrogens is 3. The second-order valence-electron chi connectivity index (χ2n) is 4.92. The van der Waals surface area contributed by atoms with Gasteiger partial charge >= 0.3 is 5.97 Å². The molecule has 0 aromatic carbocycles. The summed E-state index contributed by atoms with van der Waals surface area (Å²) in [6.45, 7) is 6.35. The lowest BCUT2D eigenvalue weighted by atomic mass is 9.96. The number of nitrogens with zero attached hydrogens (tertiary/aromatic N) is 3. The van der Waals surface area contributed by atoms with Gasteiger partial charge in [-0.25, -0.2) is 0 Å². The van der Waals surface area contributed by atoms with E-state index in [2.05, 4.69) is 24.0 Å². The summed E-state index contributed by atoms with van der Waals surface area (Å²) in [6.07, 6.45) is 2.58. The summed E-state index contributed by atoms with van der Waals surface area (Å²) >= 11 is 0. The van der Waals surface area contributed by atoms with Gasteiger partial charge < -0.3 is 4.74 Å². The number of hydrogen-bond acceptors (Lipinski definition) is 4. The zero-order chi connectivity index (χ0) is 13.8. The lowest BCUT2D eigenvalue weighted by molar-refractivity contribution is -0.145. The van der Waals surface area contributed by atoms with Gasteiger partial charge in [0.2, 0.25) is 0 Å². The number of rotatable bonds is 5. The summed E-state index contributed by atoms with van der Waals surface area (Å²) in [5.41, 5.74) is 0.746. The minimum Gasteiger partial charge on any atom is -0.465 e. The molecule has 2 rings (SSSR count). The Bertz CT molecular complexity index is 563. The lowest BCUT2D eigenvalue weighted by Crippen LogP contribution is -2.20. The van der Waals surface area contributed by atoms with Crippen molar-refractivity contribution in [2.75, 3.05) is 6.61 Å². The maximum absolute atomic E-state index is 12.1. The van der Waals surface area contributed by atoms with E-state index in [1.165, 1.54) is 0 Å². The van der Waals surface area contributed by atoms with E-state index in [9.17, 15) is 4.79 Å². The summed E-state index contributed by atoms with van der Waals surface area (Å²) < 4.78 is 7.01. The largest absolute Gasteiger partial charge is 0.465 e. The number of esters is 1. The highest BCUT2D eigenvalue weighted by Gasteiger charge is 2.27. The van der Waals surface area contributed by atoms with E-state index in [1.807, 2.05) is 35.7 Å². The average molecular weight is 261 g/mol. The maximum Gasteiger partial charge on any atom is 0.316 e. The van der Waals surface area contributed by atoms with Crippen molar-refractivity contribution >= 4 is 11.6 Å². The van der Waals surface area contributed by atoms with Crippen LogP contribution in [0.15, 0.2) is 24.4 Å². The van der Waals surface area contributed by atoms with Crippen LogP contribution in [0, 0.1) is 5.92 Å². The average Bonchev–Trinajstić information content (AvgIpc) is 2.79. The van der Waals surface area contributed by atoms with Crippen LogP contribution in [-0.4, -0.2) is 27.2 Å². The van der Waals surface area contributed by atoms with E-state index in [0.29, 0.717) is 24.8 Å².